The summed E-state index contributed by atoms with van der Waals surface area (Å²) in [4.78, 5) is 28.8. The Labute approximate surface area is 209 Å². The summed E-state index contributed by atoms with van der Waals surface area (Å²) in [5.74, 6) is 0.0177. The van der Waals surface area contributed by atoms with Crippen molar-refractivity contribution in [3.8, 4) is 17.0 Å². The number of nitrogens with one attached hydrogen (secondary N) is 2. The number of amides is 2. The van der Waals surface area contributed by atoms with E-state index in [4.69, 9.17) is 9.84 Å². The smallest absolute Gasteiger partial charge is 0.244 e. The largest absolute Gasteiger partial charge is 0.494 e. The van der Waals surface area contributed by atoms with Gasteiger partial charge in [0.25, 0.3) is 0 Å². The lowest BCUT2D eigenvalue weighted by atomic mass is 10.1. The lowest BCUT2D eigenvalue weighted by Crippen LogP contribution is -2.31. The number of hydrogen-bond donors (Lipinski definition) is 2. The molecule has 2 aromatic heterocycles. The van der Waals surface area contributed by atoms with Gasteiger partial charge in [-0.25, -0.2) is 0 Å². The topological polar surface area (TPSA) is 98.1 Å². The van der Waals surface area contributed by atoms with Gasteiger partial charge < -0.3 is 15.4 Å². The van der Waals surface area contributed by atoms with Crippen LogP contribution in [-0.4, -0.2) is 39.7 Å². The highest BCUT2D eigenvalue weighted by molar-refractivity contribution is 5.98. The standard InChI is InChI=1S/C28H27N5O3/c1-2-36-25-13-11-24(12-14-25)31-27(35)18-30-26(34)15-10-23-20-33(19-21-7-4-3-5-8-21)32-28(23)22-9-6-16-29-17-22/h3-17,20H,2,18-19H2,1H3,(H,30,34)(H,31,35)/b15-10+. The van der Waals surface area contributed by atoms with E-state index in [9.17, 15) is 9.59 Å². The predicted molar refractivity (Wildman–Crippen MR) is 139 cm³/mol. The second kappa shape index (κ2) is 12.1. The van der Waals surface area contributed by atoms with E-state index in [1.54, 1.807) is 42.7 Å². The molecule has 0 bridgehead atoms. The first kappa shape index (κ1) is 24.4. The number of nitrogens with zero attached hydrogens (tertiary/aromatic N) is 3. The highest BCUT2D eigenvalue weighted by atomic mass is 16.5. The molecule has 2 aromatic carbocycles. The van der Waals surface area contributed by atoms with Crippen molar-refractivity contribution in [2.24, 2.45) is 0 Å². The minimum absolute atomic E-state index is 0.154. The molecule has 4 rings (SSSR count). The van der Waals surface area contributed by atoms with Gasteiger partial charge in [-0.1, -0.05) is 30.3 Å². The van der Waals surface area contributed by atoms with Gasteiger partial charge in [-0.2, -0.15) is 5.10 Å². The molecule has 0 spiro atoms. The molecule has 0 radical (unpaired) electrons. The van der Waals surface area contributed by atoms with Crippen LogP contribution in [0, 0.1) is 0 Å². The van der Waals surface area contributed by atoms with Gasteiger partial charge in [0.05, 0.1) is 19.7 Å². The van der Waals surface area contributed by atoms with Gasteiger partial charge in [0, 0.05) is 41.5 Å². The third-order valence-electron chi connectivity index (χ3n) is 5.20. The number of benzene rings is 2. The second-order valence-corrected chi connectivity index (χ2v) is 7.91. The number of anilines is 1. The fraction of sp³-hybridized carbons (Fsp3) is 0.143. The molecule has 2 heterocycles. The number of carbonyl (C=O) groups excluding carboxylic acids is 2. The van der Waals surface area contributed by atoms with E-state index in [2.05, 4.69) is 15.6 Å². The third-order valence-corrected chi connectivity index (χ3v) is 5.20. The Kier molecular flexibility index (Phi) is 8.22. The summed E-state index contributed by atoms with van der Waals surface area (Å²) in [7, 11) is 0. The van der Waals surface area contributed by atoms with Crippen LogP contribution in [0.15, 0.2) is 91.4 Å². The number of rotatable bonds is 10. The van der Waals surface area contributed by atoms with Crippen molar-refractivity contribution in [2.75, 3.05) is 18.5 Å². The van der Waals surface area contributed by atoms with Gasteiger partial charge in [0.1, 0.15) is 11.4 Å². The van der Waals surface area contributed by atoms with Crippen LogP contribution in [0.3, 0.4) is 0 Å². The van der Waals surface area contributed by atoms with E-state index >= 15 is 0 Å². The molecule has 182 valence electrons. The van der Waals surface area contributed by atoms with Crippen molar-refractivity contribution in [2.45, 2.75) is 13.5 Å². The molecule has 0 aliphatic carbocycles. The SMILES string of the molecule is CCOc1ccc(NC(=O)CNC(=O)/C=C/c2cn(Cc3ccccc3)nc2-c2cccnc2)cc1. The summed E-state index contributed by atoms with van der Waals surface area (Å²) < 4.78 is 7.22. The third kappa shape index (κ3) is 6.89. The second-order valence-electron chi connectivity index (χ2n) is 7.91. The minimum atomic E-state index is -0.384. The monoisotopic (exact) mass is 481 g/mol. The summed E-state index contributed by atoms with van der Waals surface area (Å²) in [5.41, 5.74) is 4.08. The highest BCUT2D eigenvalue weighted by Crippen LogP contribution is 2.23. The van der Waals surface area contributed by atoms with Gasteiger partial charge in [-0.05, 0) is 55.0 Å². The van der Waals surface area contributed by atoms with E-state index in [0.29, 0.717) is 18.8 Å². The van der Waals surface area contributed by atoms with E-state index < -0.39 is 0 Å². The molecule has 2 amide bonds. The zero-order chi connectivity index (χ0) is 25.2. The van der Waals surface area contributed by atoms with Gasteiger partial charge in [-0.3, -0.25) is 19.3 Å². The Hall–Kier alpha value is -4.72. The van der Waals surface area contributed by atoms with Crippen LogP contribution in [0.2, 0.25) is 0 Å². The average molecular weight is 482 g/mol. The molecule has 2 N–H and O–H groups in total. The zero-order valence-electron chi connectivity index (χ0n) is 19.9. The highest BCUT2D eigenvalue weighted by Gasteiger charge is 2.11. The van der Waals surface area contributed by atoms with Crippen molar-refractivity contribution in [1.82, 2.24) is 20.1 Å². The Morgan fingerprint density at radius 2 is 1.83 bits per heavy atom. The van der Waals surface area contributed by atoms with Crippen LogP contribution >= 0.6 is 0 Å². The van der Waals surface area contributed by atoms with Crippen molar-refractivity contribution < 1.29 is 14.3 Å². The van der Waals surface area contributed by atoms with Gasteiger partial charge in [0.15, 0.2) is 0 Å². The normalized spacial score (nSPS) is 10.8. The van der Waals surface area contributed by atoms with Gasteiger partial charge >= 0.3 is 0 Å². The van der Waals surface area contributed by atoms with Crippen LogP contribution in [-0.2, 0) is 16.1 Å². The molecule has 0 aliphatic heterocycles. The van der Waals surface area contributed by atoms with Gasteiger partial charge in [0.2, 0.25) is 11.8 Å². The predicted octanol–water partition coefficient (Wildman–Crippen LogP) is 4.16. The summed E-state index contributed by atoms with van der Waals surface area (Å²) in [6, 6.07) is 20.8. The molecule has 0 saturated carbocycles. The zero-order valence-corrected chi connectivity index (χ0v) is 19.9. The maximum Gasteiger partial charge on any atom is 0.244 e. The molecule has 4 aromatic rings. The van der Waals surface area contributed by atoms with Gasteiger partial charge in [-0.15, -0.1) is 0 Å². The molecule has 0 saturated heterocycles. The molecule has 0 unspecified atom stereocenters. The first-order chi connectivity index (χ1) is 17.6. The quantitative estimate of drug-likeness (QED) is 0.332. The number of pyridine rings is 1. The average Bonchev–Trinajstić information content (AvgIpc) is 3.31. The van der Waals surface area contributed by atoms with Crippen LogP contribution in [0.1, 0.15) is 18.1 Å². The fourth-order valence-corrected chi connectivity index (χ4v) is 3.54. The lowest BCUT2D eigenvalue weighted by molar-refractivity contribution is -0.121. The fourth-order valence-electron chi connectivity index (χ4n) is 3.54. The molecule has 0 aliphatic rings. The molecule has 8 heteroatoms. The number of ether oxygens (including phenoxy) is 1. The molecule has 36 heavy (non-hydrogen) atoms. The molecule has 0 atom stereocenters. The summed E-state index contributed by atoms with van der Waals surface area (Å²) in [5, 5.41) is 10.1. The van der Waals surface area contributed by atoms with E-state index in [1.807, 2.05) is 60.3 Å². The lowest BCUT2D eigenvalue weighted by Gasteiger charge is -2.07. The number of carbonyl (C=O) groups is 2. The van der Waals surface area contributed by atoms with Crippen molar-refractivity contribution >= 4 is 23.6 Å². The molecular weight excluding hydrogens is 454 g/mol. The van der Waals surface area contributed by atoms with Crippen molar-refractivity contribution in [1.29, 1.82) is 0 Å². The molecule has 0 fully saturated rings. The van der Waals surface area contributed by atoms with E-state index in [0.717, 1.165) is 28.1 Å². The van der Waals surface area contributed by atoms with E-state index in [1.165, 1.54) is 6.08 Å². The Morgan fingerprint density at radius 1 is 1.03 bits per heavy atom. The minimum Gasteiger partial charge on any atom is -0.494 e. The number of aromatic nitrogens is 3. The molecule has 8 nitrogen and oxygen atoms in total. The summed E-state index contributed by atoms with van der Waals surface area (Å²) in [6.07, 6.45) is 8.41. The summed E-state index contributed by atoms with van der Waals surface area (Å²) in [6.45, 7) is 2.92. The first-order valence-electron chi connectivity index (χ1n) is 11.6. The Balaban J connectivity index is 1.38. The maximum atomic E-state index is 12.4. The Morgan fingerprint density at radius 3 is 2.56 bits per heavy atom. The van der Waals surface area contributed by atoms with Crippen LogP contribution in [0.25, 0.3) is 17.3 Å². The maximum absolute atomic E-state index is 12.4. The van der Waals surface area contributed by atoms with Crippen molar-refractivity contribution in [3.05, 3.63) is 103 Å². The molecular formula is C28H27N5O3. The summed E-state index contributed by atoms with van der Waals surface area (Å²) >= 11 is 0. The van der Waals surface area contributed by atoms with Crippen LogP contribution in [0.5, 0.6) is 5.75 Å². The number of hydrogen-bond acceptors (Lipinski definition) is 5. The van der Waals surface area contributed by atoms with Crippen molar-refractivity contribution in [3.63, 3.8) is 0 Å². The first-order valence-corrected chi connectivity index (χ1v) is 11.6. The van der Waals surface area contributed by atoms with Crippen LogP contribution < -0.4 is 15.4 Å². The Bertz CT molecular complexity index is 1320. The van der Waals surface area contributed by atoms with Crippen LogP contribution in [0.4, 0.5) is 5.69 Å². The van der Waals surface area contributed by atoms with E-state index in [-0.39, 0.29) is 18.4 Å².